The Hall–Kier alpha value is -2.35. The van der Waals surface area contributed by atoms with Gasteiger partial charge in [0.05, 0.1) is 16.3 Å². The Kier molecular flexibility index (Phi) is 7.23. The fraction of sp³-hybridized carbons (Fsp3) is 0.346. The summed E-state index contributed by atoms with van der Waals surface area (Å²) >= 11 is 9.52. The van der Waals surface area contributed by atoms with E-state index in [0.29, 0.717) is 0 Å². The molecule has 2 aromatic carbocycles. The highest BCUT2D eigenvalue weighted by atomic mass is 35.5. The number of anilines is 2. The van der Waals surface area contributed by atoms with Gasteiger partial charge in [0.2, 0.25) is 0 Å². The molecule has 3 heterocycles. The van der Waals surface area contributed by atoms with E-state index in [4.69, 9.17) is 21.6 Å². The number of thiazole rings is 1. The Labute approximate surface area is 214 Å². The molecule has 0 aliphatic carbocycles. The Bertz CT molecular complexity index is 1270. The molecule has 4 aromatic rings. The minimum absolute atomic E-state index is 0.196. The number of aromatic nitrogens is 3. The van der Waals surface area contributed by atoms with Crippen LogP contribution in [0.4, 0.5) is 11.5 Å². The van der Waals surface area contributed by atoms with Crippen LogP contribution in [-0.2, 0) is 12.2 Å². The first-order valence-corrected chi connectivity index (χ1v) is 14.0. The van der Waals surface area contributed by atoms with Crippen LogP contribution in [0.1, 0.15) is 49.7 Å². The monoisotopic (exact) mass is 509 g/mol. The second-order valence-corrected chi connectivity index (χ2v) is 11.1. The van der Waals surface area contributed by atoms with Gasteiger partial charge >= 0.3 is 0 Å². The zero-order valence-electron chi connectivity index (χ0n) is 19.4. The van der Waals surface area contributed by atoms with E-state index in [1.807, 2.05) is 18.3 Å². The van der Waals surface area contributed by atoms with Crippen LogP contribution in [0.25, 0.3) is 10.2 Å². The van der Waals surface area contributed by atoms with Gasteiger partial charge in [0.25, 0.3) is 0 Å². The number of rotatable bonds is 7. The molecule has 5 rings (SSSR count). The molecule has 1 aliphatic heterocycles. The number of nitrogens with zero attached hydrogens (tertiary/aromatic N) is 4. The highest BCUT2D eigenvalue weighted by Gasteiger charge is 2.24. The van der Waals surface area contributed by atoms with Crippen molar-refractivity contribution in [3.05, 3.63) is 70.6 Å². The van der Waals surface area contributed by atoms with Gasteiger partial charge in [-0.2, -0.15) is 0 Å². The lowest BCUT2D eigenvalue weighted by Crippen LogP contribution is -2.25. The minimum atomic E-state index is 0.196. The Balaban J connectivity index is 1.34. The van der Waals surface area contributed by atoms with Crippen LogP contribution in [0.2, 0.25) is 5.02 Å². The molecule has 8 heteroatoms. The van der Waals surface area contributed by atoms with Crippen LogP contribution >= 0.6 is 34.7 Å². The van der Waals surface area contributed by atoms with E-state index in [0.717, 1.165) is 70.3 Å². The summed E-state index contributed by atoms with van der Waals surface area (Å²) in [4.78, 5) is 16.7. The third-order valence-electron chi connectivity index (χ3n) is 6.12. The molecule has 0 radical (unpaired) electrons. The number of thioether (sulfide) groups is 1. The summed E-state index contributed by atoms with van der Waals surface area (Å²) in [5.74, 6) is 2.88. The van der Waals surface area contributed by atoms with Crippen LogP contribution in [0.5, 0.6) is 0 Å². The second-order valence-electron chi connectivity index (χ2n) is 8.41. The second kappa shape index (κ2) is 10.5. The van der Waals surface area contributed by atoms with Crippen molar-refractivity contribution < 1.29 is 0 Å². The van der Waals surface area contributed by atoms with Crippen molar-refractivity contribution in [1.29, 1.82) is 0 Å². The van der Waals surface area contributed by atoms with Crippen LogP contribution in [0.3, 0.4) is 0 Å². The van der Waals surface area contributed by atoms with Gasteiger partial charge in [-0.1, -0.05) is 42.4 Å². The van der Waals surface area contributed by atoms with Crippen molar-refractivity contribution in [3.63, 3.8) is 0 Å². The molecule has 1 unspecified atom stereocenters. The van der Waals surface area contributed by atoms with Gasteiger partial charge in [-0.25, -0.2) is 15.0 Å². The topological polar surface area (TPSA) is 53.9 Å². The smallest absolute Gasteiger partial charge is 0.151 e. The number of aryl methyl sites for hydroxylation is 1. The first kappa shape index (κ1) is 23.4. The maximum Gasteiger partial charge on any atom is 0.151 e. The molecule has 1 aliphatic rings. The summed E-state index contributed by atoms with van der Waals surface area (Å²) < 4.78 is 2.28. The Morgan fingerprint density at radius 2 is 2.00 bits per heavy atom. The van der Waals surface area contributed by atoms with Crippen molar-refractivity contribution in [2.24, 2.45) is 0 Å². The summed E-state index contributed by atoms with van der Waals surface area (Å²) in [6, 6.07) is 14.7. The number of fused-ring (bicyclic) bond motifs is 2. The molecule has 2 aromatic heterocycles. The number of halogens is 1. The first-order chi connectivity index (χ1) is 16.6. The molecule has 1 N–H and O–H groups in total. The molecule has 5 nitrogen and oxygen atoms in total. The fourth-order valence-corrected chi connectivity index (χ4v) is 6.46. The van der Waals surface area contributed by atoms with Gasteiger partial charge in [0.15, 0.2) is 4.34 Å². The molecule has 0 saturated heterocycles. The van der Waals surface area contributed by atoms with Gasteiger partial charge in [0, 0.05) is 47.7 Å². The van der Waals surface area contributed by atoms with Crippen LogP contribution in [0.15, 0.2) is 53.0 Å². The summed E-state index contributed by atoms with van der Waals surface area (Å²) in [7, 11) is 0. The van der Waals surface area contributed by atoms with E-state index < -0.39 is 0 Å². The van der Waals surface area contributed by atoms with E-state index in [2.05, 4.69) is 59.4 Å². The van der Waals surface area contributed by atoms with Gasteiger partial charge in [-0.05, 0) is 55.7 Å². The molecule has 176 valence electrons. The number of hydrogen-bond donors (Lipinski definition) is 1. The van der Waals surface area contributed by atoms with Crippen molar-refractivity contribution >= 4 is 56.4 Å². The lowest BCUT2D eigenvalue weighted by molar-refractivity contribution is 0.658. The highest BCUT2D eigenvalue weighted by molar-refractivity contribution is 8.00. The first-order valence-electron chi connectivity index (χ1n) is 11.8. The van der Waals surface area contributed by atoms with Crippen LogP contribution < -0.4 is 10.2 Å². The molecule has 1 atom stereocenters. The largest absolute Gasteiger partial charge is 0.378 e. The number of hydrogen-bond acceptors (Lipinski definition) is 7. The van der Waals surface area contributed by atoms with Crippen LogP contribution in [-0.4, -0.2) is 28.0 Å². The van der Waals surface area contributed by atoms with Crippen molar-refractivity contribution in [2.75, 3.05) is 23.3 Å². The van der Waals surface area contributed by atoms with Gasteiger partial charge in [-0.3, -0.25) is 0 Å². The summed E-state index contributed by atoms with van der Waals surface area (Å²) in [6.07, 6.45) is 5.06. The van der Waals surface area contributed by atoms with E-state index in [1.54, 1.807) is 23.1 Å². The predicted molar refractivity (Wildman–Crippen MR) is 146 cm³/mol. The summed E-state index contributed by atoms with van der Waals surface area (Å²) in [5, 5.41) is 4.54. The zero-order valence-corrected chi connectivity index (χ0v) is 21.8. The molecule has 34 heavy (non-hydrogen) atoms. The third kappa shape index (κ3) is 5.16. The number of nitrogens with one attached hydrogen (secondary N) is 1. The van der Waals surface area contributed by atoms with Gasteiger partial charge in [0.1, 0.15) is 11.6 Å². The molecular weight excluding hydrogens is 482 g/mol. The van der Waals surface area contributed by atoms with Crippen molar-refractivity contribution in [1.82, 2.24) is 15.0 Å². The van der Waals surface area contributed by atoms with Gasteiger partial charge in [-0.15, -0.1) is 11.3 Å². The Morgan fingerprint density at radius 3 is 2.79 bits per heavy atom. The molecule has 0 saturated carbocycles. The van der Waals surface area contributed by atoms with E-state index in [1.165, 1.54) is 15.8 Å². The van der Waals surface area contributed by atoms with Gasteiger partial charge < -0.3 is 10.2 Å². The normalized spacial score (nSPS) is 15.9. The van der Waals surface area contributed by atoms with E-state index >= 15 is 0 Å². The fourth-order valence-electron chi connectivity index (χ4n) is 4.27. The molecule has 0 fully saturated rings. The quantitative estimate of drug-likeness (QED) is 0.262. The maximum absolute atomic E-state index is 6.00. The van der Waals surface area contributed by atoms with E-state index in [-0.39, 0.29) is 6.04 Å². The van der Waals surface area contributed by atoms with Crippen LogP contribution in [0, 0.1) is 0 Å². The Morgan fingerprint density at radius 1 is 1.15 bits per heavy atom. The molecular formula is C26H28ClN5S2. The molecule has 0 spiro atoms. The predicted octanol–water partition coefficient (Wildman–Crippen LogP) is 7.37. The maximum atomic E-state index is 6.00. The highest BCUT2D eigenvalue weighted by Crippen LogP contribution is 2.36. The standard InChI is InChI=1S/C26H28ClN5S2/c1-3-24-28-15-20-21(6-5-13-32(4-2)25(20)31-24)29-19-11-12-22-23(14-19)34-26(30-22)33-16-17-7-9-18(27)10-8-17/h7-12,14-15,21,29H,3-6,13,16H2,1-2H3. The average Bonchev–Trinajstić information content (AvgIpc) is 3.19. The lowest BCUT2D eigenvalue weighted by Gasteiger charge is -2.24. The zero-order chi connectivity index (χ0) is 23.5. The minimum Gasteiger partial charge on any atom is -0.378 e. The summed E-state index contributed by atoms with van der Waals surface area (Å²) in [6.45, 7) is 6.30. The van der Waals surface area contributed by atoms with Crippen molar-refractivity contribution in [3.8, 4) is 0 Å². The average molecular weight is 510 g/mol. The SMILES string of the molecule is CCc1ncc2c(n1)N(CC)CCCC2Nc1ccc2nc(SCc3ccc(Cl)cc3)sc2c1. The third-order valence-corrected chi connectivity index (χ3v) is 8.61. The molecule has 0 amide bonds. The van der Waals surface area contributed by atoms with E-state index in [9.17, 15) is 0 Å². The summed E-state index contributed by atoms with van der Waals surface area (Å²) in [5.41, 5.74) is 4.60. The lowest BCUT2D eigenvalue weighted by atomic mass is 10.0. The number of benzene rings is 2. The van der Waals surface area contributed by atoms with Crippen molar-refractivity contribution in [2.45, 2.75) is 49.2 Å². The molecule has 0 bridgehead atoms.